The maximum absolute atomic E-state index is 12.3. The quantitative estimate of drug-likeness (QED) is 0.744. The minimum Gasteiger partial charge on any atom is -0.379 e. The van der Waals surface area contributed by atoms with E-state index in [4.69, 9.17) is 4.74 Å². The second kappa shape index (κ2) is 10.3. The van der Waals surface area contributed by atoms with E-state index in [0.29, 0.717) is 0 Å². The van der Waals surface area contributed by atoms with Crippen LogP contribution in [0.3, 0.4) is 0 Å². The Morgan fingerprint density at radius 2 is 1.88 bits per heavy atom. The molecule has 0 spiro atoms. The van der Waals surface area contributed by atoms with Crippen molar-refractivity contribution in [2.45, 2.75) is 19.3 Å². The van der Waals surface area contributed by atoms with Crippen molar-refractivity contribution in [2.24, 2.45) is 0 Å². The molecule has 2 aliphatic rings. The molecule has 144 valence electrons. The van der Waals surface area contributed by atoms with Crippen molar-refractivity contribution in [3.63, 3.8) is 0 Å². The third-order valence-corrected chi connectivity index (χ3v) is 5.11. The first-order chi connectivity index (χ1) is 12.8. The zero-order chi connectivity index (χ0) is 18.0. The minimum absolute atomic E-state index is 0.0732. The number of piperazine rings is 1. The van der Waals surface area contributed by atoms with Crippen LogP contribution in [0, 0.1) is 0 Å². The van der Waals surface area contributed by atoms with E-state index in [1.807, 2.05) is 17.2 Å². The highest BCUT2D eigenvalue weighted by atomic mass is 16.5. The molecular weight excluding hydrogens is 330 g/mol. The molecule has 0 saturated carbocycles. The lowest BCUT2D eigenvalue weighted by Gasteiger charge is -2.35. The van der Waals surface area contributed by atoms with E-state index in [9.17, 15) is 4.79 Å². The van der Waals surface area contributed by atoms with Crippen molar-refractivity contribution >= 4 is 11.7 Å². The van der Waals surface area contributed by atoms with Crippen LogP contribution in [-0.4, -0.2) is 86.4 Å². The Balaban J connectivity index is 1.24. The maximum atomic E-state index is 12.3. The average molecular weight is 361 g/mol. The van der Waals surface area contributed by atoms with E-state index in [-0.39, 0.29) is 6.03 Å². The van der Waals surface area contributed by atoms with Crippen LogP contribution in [0.4, 0.5) is 10.5 Å². The van der Waals surface area contributed by atoms with Gasteiger partial charge in [0.2, 0.25) is 0 Å². The molecule has 0 atom stereocenters. The number of pyridine rings is 1. The molecular formula is C19H31N5O2. The Hall–Kier alpha value is -1.86. The second-order valence-electron chi connectivity index (χ2n) is 6.93. The van der Waals surface area contributed by atoms with Gasteiger partial charge >= 0.3 is 6.03 Å². The lowest BCUT2D eigenvalue weighted by atomic mass is 10.2. The molecule has 2 saturated heterocycles. The lowest BCUT2D eigenvalue weighted by molar-refractivity contribution is 0.0371. The van der Waals surface area contributed by atoms with Gasteiger partial charge in [-0.05, 0) is 31.5 Å². The second-order valence-corrected chi connectivity index (χ2v) is 6.93. The summed E-state index contributed by atoms with van der Waals surface area (Å²) in [6.07, 6.45) is 7.07. The summed E-state index contributed by atoms with van der Waals surface area (Å²) in [6, 6.07) is 4.09. The largest absolute Gasteiger partial charge is 0.379 e. The summed E-state index contributed by atoms with van der Waals surface area (Å²) in [6.45, 7) is 9.00. The van der Waals surface area contributed by atoms with Crippen LogP contribution in [0.2, 0.25) is 0 Å². The number of aromatic nitrogens is 1. The van der Waals surface area contributed by atoms with Crippen molar-refractivity contribution < 1.29 is 9.53 Å². The zero-order valence-electron chi connectivity index (χ0n) is 15.6. The fourth-order valence-electron chi connectivity index (χ4n) is 3.48. The first kappa shape index (κ1) is 18.9. The number of ether oxygens (including phenoxy) is 1. The summed E-state index contributed by atoms with van der Waals surface area (Å²) in [4.78, 5) is 23.1. The number of unbranched alkanes of at least 4 members (excludes halogenated alkanes) is 2. The highest BCUT2D eigenvalue weighted by molar-refractivity contribution is 5.74. The van der Waals surface area contributed by atoms with Crippen LogP contribution in [0.15, 0.2) is 24.5 Å². The number of urea groups is 1. The fourth-order valence-corrected chi connectivity index (χ4v) is 3.48. The van der Waals surface area contributed by atoms with Gasteiger partial charge in [0.05, 0.1) is 25.1 Å². The Bertz CT molecular complexity index is 528. The minimum atomic E-state index is 0.0732. The molecule has 1 aromatic heterocycles. The van der Waals surface area contributed by atoms with Crippen molar-refractivity contribution in [3.8, 4) is 0 Å². The Morgan fingerprint density at radius 3 is 2.62 bits per heavy atom. The highest BCUT2D eigenvalue weighted by Crippen LogP contribution is 2.14. The summed E-state index contributed by atoms with van der Waals surface area (Å²) >= 11 is 0. The molecule has 0 unspecified atom stereocenters. The Labute approximate surface area is 156 Å². The van der Waals surface area contributed by atoms with Crippen LogP contribution in [0.25, 0.3) is 0 Å². The lowest BCUT2D eigenvalue weighted by Crippen LogP contribution is -2.52. The van der Waals surface area contributed by atoms with E-state index in [1.165, 1.54) is 6.42 Å². The monoisotopic (exact) mass is 361 g/mol. The van der Waals surface area contributed by atoms with Gasteiger partial charge in [-0.1, -0.05) is 6.42 Å². The van der Waals surface area contributed by atoms with Gasteiger partial charge in [-0.3, -0.25) is 9.88 Å². The molecule has 7 nitrogen and oxygen atoms in total. The van der Waals surface area contributed by atoms with Crippen LogP contribution < -0.4 is 10.2 Å². The highest BCUT2D eigenvalue weighted by Gasteiger charge is 2.20. The molecule has 0 aliphatic carbocycles. The van der Waals surface area contributed by atoms with Gasteiger partial charge in [0, 0.05) is 52.0 Å². The Morgan fingerprint density at radius 1 is 1.08 bits per heavy atom. The van der Waals surface area contributed by atoms with Gasteiger partial charge in [-0.25, -0.2) is 4.79 Å². The summed E-state index contributed by atoms with van der Waals surface area (Å²) in [7, 11) is 0. The first-order valence-electron chi connectivity index (χ1n) is 9.81. The SMILES string of the molecule is O=C(NCCCCCN1CCOCC1)N1CCN(c2cccnc2)CC1. The predicted molar refractivity (Wildman–Crippen MR) is 103 cm³/mol. The number of carbonyl (C=O) groups excluding carboxylic acids is 1. The van der Waals surface area contributed by atoms with Gasteiger partial charge in [0.1, 0.15) is 0 Å². The molecule has 3 heterocycles. The van der Waals surface area contributed by atoms with E-state index < -0.39 is 0 Å². The fraction of sp³-hybridized carbons (Fsp3) is 0.684. The zero-order valence-corrected chi connectivity index (χ0v) is 15.6. The Kier molecular flexibility index (Phi) is 7.51. The number of anilines is 1. The number of rotatable bonds is 7. The van der Waals surface area contributed by atoms with Crippen LogP contribution in [-0.2, 0) is 4.74 Å². The van der Waals surface area contributed by atoms with Crippen molar-refractivity contribution in [3.05, 3.63) is 24.5 Å². The summed E-state index contributed by atoms with van der Waals surface area (Å²) in [5.41, 5.74) is 1.13. The van der Waals surface area contributed by atoms with Crippen molar-refractivity contribution in [1.29, 1.82) is 0 Å². The number of amides is 2. The molecule has 0 aromatic carbocycles. The van der Waals surface area contributed by atoms with Gasteiger partial charge in [-0.2, -0.15) is 0 Å². The van der Waals surface area contributed by atoms with E-state index >= 15 is 0 Å². The number of carbonyl (C=O) groups is 1. The van der Waals surface area contributed by atoms with Crippen LogP contribution >= 0.6 is 0 Å². The summed E-state index contributed by atoms with van der Waals surface area (Å²) < 4.78 is 5.36. The number of morpholine rings is 1. The molecule has 0 bridgehead atoms. The van der Waals surface area contributed by atoms with Crippen molar-refractivity contribution in [1.82, 2.24) is 20.1 Å². The normalized spacial score (nSPS) is 18.8. The van der Waals surface area contributed by atoms with Gasteiger partial charge in [0.25, 0.3) is 0 Å². The smallest absolute Gasteiger partial charge is 0.317 e. The van der Waals surface area contributed by atoms with E-state index in [1.54, 1.807) is 6.20 Å². The predicted octanol–water partition coefficient (Wildman–Crippen LogP) is 1.42. The molecule has 3 rings (SSSR count). The number of hydrogen-bond donors (Lipinski definition) is 1. The number of nitrogens with one attached hydrogen (secondary N) is 1. The van der Waals surface area contributed by atoms with Crippen LogP contribution in [0.5, 0.6) is 0 Å². The molecule has 1 aromatic rings. The molecule has 26 heavy (non-hydrogen) atoms. The van der Waals surface area contributed by atoms with Gasteiger partial charge < -0.3 is 19.9 Å². The molecule has 1 N–H and O–H groups in total. The first-order valence-corrected chi connectivity index (χ1v) is 9.81. The topological polar surface area (TPSA) is 60.9 Å². The van der Waals surface area contributed by atoms with E-state index in [0.717, 1.165) is 84.1 Å². The average Bonchev–Trinajstić information content (AvgIpc) is 2.72. The molecule has 0 radical (unpaired) electrons. The van der Waals surface area contributed by atoms with Crippen molar-refractivity contribution in [2.75, 3.05) is 70.5 Å². The van der Waals surface area contributed by atoms with Gasteiger partial charge in [-0.15, -0.1) is 0 Å². The molecule has 2 amide bonds. The maximum Gasteiger partial charge on any atom is 0.317 e. The molecule has 2 fully saturated rings. The van der Waals surface area contributed by atoms with E-state index in [2.05, 4.69) is 26.2 Å². The molecule has 2 aliphatic heterocycles. The number of nitrogens with zero attached hydrogens (tertiary/aromatic N) is 4. The third kappa shape index (κ3) is 5.85. The molecule has 7 heteroatoms. The van der Waals surface area contributed by atoms with Crippen LogP contribution in [0.1, 0.15) is 19.3 Å². The van der Waals surface area contributed by atoms with Gasteiger partial charge in [0.15, 0.2) is 0 Å². The number of hydrogen-bond acceptors (Lipinski definition) is 5. The standard InChI is InChI=1S/C19H31N5O2/c25-19(21-7-2-1-3-8-22-13-15-26-16-14-22)24-11-9-23(10-12-24)18-5-4-6-20-17-18/h4-6,17H,1-3,7-16H2,(H,21,25). The summed E-state index contributed by atoms with van der Waals surface area (Å²) in [5.74, 6) is 0. The summed E-state index contributed by atoms with van der Waals surface area (Å²) in [5, 5.41) is 3.07. The third-order valence-electron chi connectivity index (χ3n) is 5.11.